The number of hydrogen-bond acceptors (Lipinski definition) is 16. The molecule has 0 aliphatic carbocycles. The van der Waals surface area contributed by atoms with Gasteiger partial charge in [-0.25, -0.2) is 0 Å². The van der Waals surface area contributed by atoms with Crippen molar-refractivity contribution in [3.05, 3.63) is 142 Å². The van der Waals surface area contributed by atoms with Gasteiger partial charge in [0.15, 0.2) is 52.8 Å². The molecule has 61 heavy (non-hydrogen) atoms. The largest absolute Gasteiger partial charge is 0.508 e. The molecule has 3 heterocycles. The summed E-state index contributed by atoms with van der Waals surface area (Å²) in [5.74, 6) is -6.66. The third-order valence-electron chi connectivity index (χ3n) is 11.4. The Morgan fingerprint density at radius 1 is 0.393 bits per heavy atom. The fourth-order valence-electron chi connectivity index (χ4n) is 8.36. The molecule has 3 aliphatic heterocycles. The summed E-state index contributed by atoms with van der Waals surface area (Å²) in [5.41, 5.74) is 0.783. The van der Waals surface area contributed by atoms with Gasteiger partial charge in [-0.1, -0.05) is 42.5 Å². The number of benzene rings is 6. The quantitative estimate of drug-likeness (QED) is 0.0929. The van der Waals surface area contributed by atoms with E-state index < -0.39 is 89.2 Å². The van der Waals surface area contributed by atoms with E-state index in [1.807, 2.05) is 0 Å². The van der Waals surface area contributed by atoms with Gasteiger partial charge in [0.1, 0.15) is 47.8 Å². The predicted octanol–water partition coefficient (Wildman–Crippen LogP) is 5.45. The maximum Gasteiger partial charge on any atom is 0.201 e. The number of ether oxygens (including phenoxy) is 4. The van der Waals surface area contributed by atoms with E-state index in [0.717, 1.165) is 12.1 Å². The Morgan fingerprint density at radius 2 is 0.820 bits per heavy atom. The molecule has 0 unspecified atom stereocenters. The van der Waals surface area contributed by atoms with Crippen LogP contribution >= 0.6 is 0 Å². The molecule has 16 nitrogen and oxygen atoms in total. The molecule has 6 aromatic rings. The maximum atomic E-state index is 12.2. The zero-order valence-electron chi connectivity index (χ0n) is 31.5. The highest BCUT2D eigenvalue weighted by Crippen LogP contribution is 2.60. The first kappa shape index (κ1) is 39.2. The van der Waals surface area contributed by atoms with Crippen molar-refractivity contribution in [2.75, 3.05) is 0 Å². The van der Waals surface area contributed by atoms with Crippen LogP contribution in [0.2, 0.25) is 0 Å². The minimum Gasteiger partial charge on any atom is -0.508 e. The van der Waals surface area contributed by atoms with Crippen LogP contribution in [0.15, 0.2) is 103 Å². The molecular formula is C45H38O16. The van der Waals surface area contributed by atoms with E-state index in [-0.39, 0.29) is 56.8 Å². The Hall–Kier alpha value is -7.24. The van der Waals surface area contributed by atoms with Crippen molar-refractivity contribution in [3.8, 4) is 69.0 Å². The lowest BCUT2D eigenvalue weighted by molar-refractivity contribution is -0.157. The summed E-state index contributed by atoms with van der Waals surface area (Å²) in [7, 11) is 0. The van der Waals surface area contributed by atoms with Crippen LogP contribution in [0.3, 0.4) is 0 Å². The molecule has 0 spiro atoms. The number of hydrogen-bond donors (Lipinski definition) is 12. The fourth-order valence-corrected chi connectivity index (χ4v) is 8.36. The van der Waals surface area contributed by atoms with Gasteiger partial charge in [0.25, 0.3) is 0 Å². The van der Waals surface area contributed by atoms with Crippen LogP contribution in [0.1, 0.15) is 75.4 Å². The smallest absolute Gasteiger partial charge is 0.201 e. The van der Waals surface area contributed by atoms with E-state index in [2.05, 4.69) is 0 Å². The van der Waals surface area contributed by atoms with Crippen LogP contribution in [0, 0.1) is 0 Å². The third-order valence-corrected chi connectivity index (χ3v) is 11.4. The molecular weight excluding hydrogens is 796 g/mol. The second kappa shape index (κ2) is 14.8. The van der Waals surface area contributed by atoms with E-state index >= 15 is 0 Å². The molecule has 0 amide bonds. The molecule has 9 rings (SSSR count). The first-order chi connectivity index (χ1) is 29.2. The van der Waals surface area contributed by atoms with E-state index in [0.29, 0.717) is 16.7 Å². The molecule has 0 radical (unpaired) electrons. The predicted molar refractivity (Wildman–Crippen MR) is 210 cm³/mol. The van der Waals surface area contributed by atoms with E-state index in [1.165, 1.54) is 91.0 Å². The minimum atomic E-state index is -1.74. The molecule has 16 heteroatoms. The zero-order valence-corrected chi connectivity index (χ0v) is 31.5. The van der Waals surface area contributed by atoms with Gasteiger partial charge in [0, 0.05) is 28.2 Å². The summed E-state index contributed by atoms with van der Waals surface area (Å²) in [6, 6.07) is 23.3. The van der Waals surface area contributed by atoms with Crippen molar-refractivity contribution in [2.24, 2.45) is 0 Å². The molecule has 12 N–H and O–H groups in total. The number of rotatable bonds is 6. The summed E-state index contributed by atoms with van der Waals surface area (Å²) >= 11 is 0. The zero-order chi connectivity index (χ0) is 43.0. The second-order valence-electron chi connectivity index (χ2n) is 15.1. The molecule has 3 aliphatic rings. The monoisotopic (exact) mass is 834 g/mol. The molecule has 314 valence electrons. The Kier molecular flexibility index (Phi) is 9.51. The normalized spacial score (nSPS) is 25.2. The molecule has 0 fully saturated rings. The Bertz CT molecular complexity index is 2630. The van der Waals surface area contributed by atoms with E-state index in [9.17, 15) is 61.3 Å². The highest BCUT2D eigenvalue weighted by atomic mass is 16.6. The number of aliphatic hydroxyl groups is 3. The van der Waals surface area contributed by atoms with Crippen molar-refractivity contribution in [3.63, 3.8) is 0 Å². The van der Waals surface area contributed by atoms with Crippen molar-refractivity contribution < 1.29 is 80.2 Å². The molecule has 0 saturated heterocycles. The van der Waals surface area contributed by atoms with Crippen LogP contribution in [-0.4, -0.2) is 79.6 Å². The summed E-state index contributed by atoms with van der Waals surface area (Å²) < 4.78 is 25.5. The number of aliphatic hydroxyl groups excluding tert-OH is 3. The van der Waals surface area contributed by atoms with Gasteiger partial charge in [0.05, 0.1) is 0 Å². The van der Waals surface area contributed by atoms with Crippen LogP contribution in [-0.2, 0) is 4.74 Å². The van der Waals surface area contributed by atoms with Crippen LogP contribution in [0.4, 0.5) is 0 Å². The topological polar surface area (TPSA) is 280 Å². The van der Waals surface area contributed by atoms with Crippen molar-refractivity contribution in [1.29, 1.82) is 0 Å². The van der Waals surface area contributed by atoms with Crippen LogP contribution in [0.5, 0.6) is 69.0 Å². The van der Waals surface area contributed by atoms with Crippen molar-refractivity contribution in [1.82, 2.24) is 0 Å². The van der Waals surface area contributed by atoms with E-state index in [4.69, 9.17) is 18.9 Å². The van der Waals surface area contributed by atoms with Crippen molar-refractivity contribution >= 4 is 0 Å². The number of fused-ring (bicyclic) bond motifs is 3. The third kappa shape index (κ3) is 6.49. The van der Waals surface area contributed by atoms with Gasteiger partial charge >= 0.3 is 0 Å². The SMILES string of the molecule is Oc1ccc([C@H]2Oc3c(cc([C@H]4c5ccc(O)c(O)c5O[C@H](c5ccc(O)cc5)[C@@H]4O[C@H]4c5ccc(O)c(O)c5O[C@H](c5ccc(O)cc5)[C@@H]4O)c(O)c3O)[C@H](O)[C@H]2O)cc1. The standard InChI is InChI=1S/C45H38O16/c46-21-7-1-18(2-8-21)38-35(55)32(52)27-17-26(31(51)36(56)44(27)58-38)30-24-13-15-28(49)33(53)41(24)60-40(20-5-11-23(48)12-6-20)45(30)61-43-25-14-16-29(50)34(54)42(25)59-39(37(43)57)19-3-9-22(47)10-4-19/h1-17,30,32,35,37-40,43,45-57H/t30-,32+,35-,37+,38-,39-,40-,43+,45-/m1/s1. The number of phenols is 9. The van der Waals surface area contributed by atoms with E-state index in [1.54, 1.807) is 0 Å². The lowest BCUT2D eigenvalue weighted by Crippen LogP contribution is -2.43. The summed E-state index contributed by atoms with van der Waals surface area (Å²) in [4.78, 5) is 0. The summed E-state index contributed by atoms with van der Waals surface area (Å²) in [6.07, 6.45) is -11.8. The van der Waals surface area contributed by atoms with Gasteiger partial charge in [-0.15, -0.1) is 0 Å². The van der Waals surface area contributed by atoms with Gasteiger partial charge in [-0.3, -0.25) is 0 Å². The van der Waals surface area contributed by atoms with Gasteiger partial charge in [-0.2, -0.15) is 0 Å². The van der Waals surface area contributed by atoms with Gasteiger partial charge in [-0.05, 0) is 77.4 Å². The summed E-state index contributed by atoms with van der Waals surface area (Å²) in [6.45, 7) is 0. The first-order valence-electron chi connectivity index (χ1n) is 19.0. The van der Waals surface area contributed by atoms with Crippen molar-refractivity contribution in [2.45, 2.75) is 54.7 Å². The minimum absolute atomic E-state index is 0.0603. The number of aromatic hydroxyl groups is 9. The highest BCUT2D eigenvalue weighted by Gasteiger charge is 2.50. The Labute approximate surface area is 345 Å². The average Bonchev–Trinajstić information content (AvgIpc) is 3.25. The molecule has 9 atom stereocenters. The lowest BCUT2D eigenvalue weighted by atomic mass is 9.77. The maximum absolute atomic E-state index is 12.2. The van der Waals surface area contributed by atoms with Crippen LogP contribution in [0.25, 0.3) is 0 Å². The molecule has 0 bridgehead atoms. The van der Waals surface area contributed by atoms with Gasteiger partial charge < -0.3 is 80.2 Å². The second-order valence-corrected chi connectivity index (χ2v) is 15.1. The lowest BCUT2D eigenvalue weighted by Gasteiger charge is -2.45. The van der Waals surface area contributed by atoms with Gasteiger partial charge in [0.2, 0.25) is 17.2 Å². The Balaban J connectivity index is 1.24. The molecule has 6 aromatic carbocycles. The first-order valence-corrected chi connectivity index (χ1v) is 19.0. The molecule has 0 aromatic heterocycles. The molecule has 0 saturated carbocycles. The number of phenolic OH excluding ortho intramolecular Hbond substituents is 9. The van der Waals surface area contributed by atoms with Crippen LogP contribution < -0.4 is 14.2 Å². The Morgan fingerprint density at radius 3 is 1.34 bits per heavy atom. The summed E-state index contributed by atoms with van der Waals surface area (Å²) in [5, 5.41) is 133. The average molecular weight is 835 g/mol. The highest BCUT2D eigenvalue weighted by molar-refractivity contribution is 5.66. The fraction of sp³-hybridized carbons (Fsp3) is 0.200.